The minimum absolute atomic E-state index is 0.0662. The maximum atomic E-state index is 12.0. The van der Waals surface area contributed by atoms with Gasteiger partial charge >= 0.3 is 0 Å². The summed E-state index contributed by atoms with van der Waals surface area (Å²) >= 11 is 0. The van der Waals surface area contributed by atoms with Crippen LogP contribution in [0.5, 0.6) is 5.75 Å². The fourth-order valence-electron chi connectivity index (χ4n) is 4.62. The zero-order chi connectivity index (χ0) is 50.0. The summed E-state index contributed by atoms with van der Waals surface area (Å²) in [6.45, 7) is 20.0. The zero-order valence-corrected chi connectivity index (χ0v) is 41.2. The number of hydrogen-bond acceptors (Lipinski definition) is 17. The SMILES string of the molecule is CC.CC.CC(=O)C(N)CC(C)(C)C(=O)NC(C=O)CCC=O.CNCCOCCOCC(=O)CCCOc1ccc(CC(NC)C(C)=O)cc1.CNCCOCCOCC=O.CO. The molecule has 374 valence electrons. The van der Waals surface area contributed by atoms with Gasteiger partial charge in [0.1, 0.15) is 49.4 Å². The summed E-state index contributed by atoms with van der Waals surface area (Å²) in [5, 5.41) is 18.5. The molecular formula is C46H87N5O13. The summed E-state index contributed by atoms with van der Waals surface area (Å²) in [7, 11) is 6.52. The average molecular weight is 918 g/mol. The molecule has 0 radical (unpaired) electrons. The predicted molar refractivity (Wildman–Crippen MR) is 252 cm³/mol. The molecule has 0 heterocycles. The Hall–Kier alpha value is -3.85. The Morgan fingerprint density at radius 1 is 0.750 bits per heavy atom. The van der Waals surface area contributed by atoms with E-state index in [0.29, 0.717) is 78.1 Å². The van der Waals surface area contributed by atoms with Crippen LogP contribution in [0.2, 0.25) is 0 Å². The Labute approximate surface area is 384 Å². The van der Waals surface area contributed by atoms with Crippen LogP contribution in [0.25, 0.3) is 0 Å². The van der Waals surface area contributed by atoms with E-state index in [1.54, 1.807) is 27.8 Å². The molecule has 0 saturated heterocycles. The highest BCUT2D eigenvalue weighted by Gasteiger charge is 2.32. The van der Waals surface area contributed by atoms with Crippen LogP contribution < -0.4 is 31.7 Å². The Morgan fingerprint density at radius 2 is 1.28 bits per heavy atom. The van der Waals surface area contributed by atoms with Crippen molar-refractivity contribution in [3.63, 3.8) is 0 Å². The summed E-state index contributed by atoms with van der Waals surface area (Å²) < 4.78 is 26.2. The molecular weight excluding hydrogens is 831 g/mol. The van der Waals surface area contributed by atoms with Crippen molar-refractivity contribution in [1.29, 1.82) is 0 Å². The van der Waals surface area contributed by atoms with Crippen LogP contribution in [0, 0.1) is 5.41 Å². The van der Waals surface area contributed by atoms with Gasteiger partial charge in [0.2, 0.25) is 5.91 Å². The molecule has 0 aliphatic carbocycles. The van der Waals surface area contributed by atoms with Gasteiger partial charge in [0.25, 0.3) is 0 Å². The molecule has 18 nitrogen and oxygen atoms in total. The lowest BCUT2D eigenvalue weighted by Crippen LogP contribution is -2.46. The van der Waals surface area contributed by atoms with Crippen molar-refractivity contribution in [3.8, 4) is 5.75 Å². The van der Waals surface area contributed by atoms with E-state index in [1.165, 1.54) is 6.92 Å². The Morgan fingerprint density at radius 3 is 1.73 bits per heavy atom. The summed E-state index contributed by atoms with van der Waals surface area (Å²) in [4.78, 5) is 77.2. The number of nitrogens with one attached hydrogen (secondary N) is 4. The van der Waals surface area contributed by atoms with E-state index in [2.05, 4.69) is 21.3 Å². The second-order valence-corrected chi connectivity index (χ2v) is 13.8. The molecule has 0 spiro atoms. The molecule has 1 rings (SSSR count). The third-order valence-electron chi connectivity index (χ3n) is 8.20. The Balaban J connectivity index is -0.000000278. The van der Waals surface area contributed by atoms with Gasteiger partial charge in [-0.1, -0.05) is 53.7 Å². The van der Waals surface area contributed by atoms with Gasteiger partial charge in [-0.05, 0) is 78.4 Å². The largest absolute Gasteiger partial charge is 0.494 e. The summed E-state index contributed by atoms with van der Waals surface area (Å²) in [5.41, 5.74) is 5.86. The first kappa shape index (κ1) is 69.2. The maximum Gasteiger partial charge on any atom is 0.226 e. The van der Waals surface area contributed by atoms with Gasteiger partial charge in [-0.25, -0.2) is 0 Å². The number of aliphatic hydroxyl groups is 1. The van der Waals surface area contributed by atoms with Crippen LogP contribution in [0.3, 0.4) is 0 Å². The van der Waals surface area contributed by atoms with Gasteiger partial charge in [0, 0.05) is 38.5 Å². The highest BCUT2D eigenvalue weighted by atomic mass is 16.5. The number of likely N-dealkylation sites (N-methyl/N-ethyl adjacent to an activating group) is 3. The van der Waals surface area contributed by atoms with E-state index in [4.69, 9.17) is 34.5 Å². The molecule has 0 aliphatic rings. The first-order valence-electron chi connectivity index (χ1n) is 22.1. The highest BCUT2D eigenvalue weighted by molar-refractivity contribution is 5.87. The van der Waals surface area contributed by atoms with Crippen LogP contribution in [-0.4, -0.2) is 166 Å². The fourth-order valence-corrected chi connectivity index (χ4v) is 4.62. The molecule has 64 heavy (non-hydrogen) atoms. The van der Waals surface area contributed by atoms with Crippen molar-refractivity contribution >= 4 is 42.1 Å². The number of nitrogens with two attached hydrogens (primary N) is 1. The second-order valence-electron chi connectivity index (χ2n) is 13.8. The molecule has 1 aromatic rings. The fraction of sp³-hybridized carbons (Fsp3) is 0.717. The molecule has 0 fully saturated rings. The Kier molecular flexibility index (Phi) is 56.0. The third kappa shape index (κ3) is 44.7. The van der Waals surface area contributed by atoms with Gasteiger partial charge in [-0.3, -0.25) is 19.2 Å². The number of benzene rings is 1. The number of carbonyl (C=O) groups is 7. The minimum atomic E-state index is -0.854. The summed E-state index contributed by atoms with van der Waals surface area (Å²) in [5.74, 6) is 0.408. The molecule has 0 aromatic heterocycles. The molecule has 3 unspecified atom stereocenters. The number of Topliss-reactive ketones (excluding diaryl/α,β-unsaturated/α-hetero) is 3. The summed E-state index contributed by atoms with van der Waals surface area (Å²) in [6.07, 6.45) is 4.44. The zero-order valence-electron chi connectivity index (χ0n) is 41.2. The van der Waals surface area contributed by atoms with Crippen LogP contribution in [-0.2, 0) is 58.9 Å². The quantitative estimate of drug-likeness (QED) is 0.0429. The molecule has 0 bridgehead atoms. The number of ketones is 3. The number of amides is 1. The monoisotopic (exact) mass is 918 g/mol. The van der Waals surface area contributed by atoms with Gasteiger partial charge in [0.05, 0.1) is 64.4 Å². The summed E-state index contributed by atoms with van der Waals surface area (Å²) in [6, 6.07) is 6.14. The molecule has 1 amide bonds. The molecule has 1 aromatic carbocycles. The van der Waals surface area contributed by atoms with E-state index >= 15 is 0 Å². The van der Waals surface area contributed by atoms with Crippen molar-refractivity contribution in [2.24, 2.45) is 11.1 Å². The lowest BCUT2D eigenvalue weighted by atomic mass is 9.83. The molecule has 7 N–H and O–H groups in total. The first-order valence-corrected chi connectivity index (χ1v) is 22.1. The first-order chi connectivity index (χ1) is 30.7. The highest BCUT2D eigenvalue weighted by Crippen LogP contribution is 2.22. The third-order valence-corrected chi connectivity index (χ3v) is 8.20. The number of aldehydes is 3. The standard InChI is InChI=1S/C21H34N2O5.C13H22N2O4.C7H15NO3.2C2H6.CH4O/c1-17(24)21(23-3)15-18-6-8-20(9-7-18)28-11-4-5-19(25)16-27-14-13-26-12-10-22-2;1-9(18)11(14)7-13(2,3)12(19)15-10(8-17)5-4-6-16;1-8-2-4-10-6-7-11-5-3-9;3*1-2/h6-9,21-23H,4-5,10-16H2,1-3H3;6,8,10-11H,4-5,7,14H2,1-3H3,(H,15,19);3,8H,2,4-7H2,1H3;2*1-2H3;2H,1H3. The van der Waals surface area contributed by atoms with E-state index in [9.17, 15) is 33.6 Å². The predicted octanol–water partition coefficient (Wildman–Crippen LogP) is 2.47. The number of aliphatic hydroxyl groups excluding tert-OH is 1. The lowest BCUT2D eigenvalue weighted by Gasteiger charge is -2.27. The van der Waals surface area contributed by atoms with E-state index in [0.717, 1.165) is 37.8 Å². The van der Waals surface area contributed by atoms with Crippen LogP contribution >= 0.6 is 0 Å². The van der Waals surface area contributed by atoms with Crippen molar-refractivity contribution in [3.05, 3.63) is 29.8 Å². The van der Waals surface area contributed by atoms with E-state index in [1.807, 2.05) is 66.1 Å². The van der Waals surface area contributed by atoms with Crippen molar-refractivity contribution < 1.29 is 62.4 Å². The van der Waals surface area contributed by atoms with Gasteiger partial charge in [0.15, 0.2) is 5.78 Å². The van der Waals surface area contributed by atoms with Crippen LogP contribution in [0.1, 0.15) is 93.1 Å². The number of hydrogen-bond donors (Lipinski definition) is 6. The number of rotatable bonds is 34. The van der Waals surface area contributed by atoms with Crippen molar-refractivity contribution in [2.45, 2.75) is 112 Å². The molecule has 3 atom stereocenters. The maximum absolute atomic E-state index is 12.0. The van der Waals surface area contributed by atoms with Crippen LogP contribution in [0.15, 0.2) is 24.3 Å². The number of carbonyl (C=O) groups excluding carboxylic acids is 7. The minimum Gasteiger partial charge on any atom is -0.494 e. The number of ether oxygens (including phenoxy) is 5. The average Bonchev–Trinajstić information content (AvgIpc) is 3.30. The smallest absolute Gasteiger partial charge is 0.226 e. The van der Waals surface area contributed by atoms with E-state index < -0.39 is 17.5 Å². The van der Waals surface area contributed by atoms with Crippen molar-refractivity contribution in [1.82, 2.24) is 21.3 Å². The second kappa shape index (κ2) is 51.8. The van der Waals surface area contributed by atoms with Gasteiger partial charge in [-0.15, -0.1) is 0 Å². The van der Waals surface area contributed by atoms with E-state index in [-0.39, 0.29) is 61.8 Å². The lowest BCUT2D eigenvalue weighted by molar-refractivity contribution is -0.132. The van der Waals surface area contributed by atoms with Crippen LogP contribution in [0.4, 0.5) is 0 Å². The molecule has 0 saturated carbocycles. The normalized spacial score (nSPS) is 11.5. The van der Waals surface area contributed by atoms with Gasteiger partial charge in [-0.2, -0.15) is 0 Å². The molecule has 0 aliphatic heterocycles. The van der Waals surface area contributed by atoms with Crippen molar-refractivity contribution in [2.75, 3.05) is 101 Å². The Bertz CT molecular complexity index is 1270. The topological polar surface area (TPSA) is 260 Å². The molecule has 18 heteroatoms. The van der Waals surface area contributed by atoms with Gasteiger partial charge < -0.3 is 70.2 Å².